The first-order valence-electron chi connectivity index (χ1n) is 7.43. The zero-order valence-electron chi connectivity index (χ0n) is 12.5. The van der Waals surface area contributed by atoms with Gasteiger partial charge in [0.05, 0.1) is 19.8 Å². The van der Waals surface area contributed by atoms with Crippen LogP contribution in [0.3, 0.4) is 0 Å². The van der Waals surface area contributed by atoms with E-state index in [1.54, 1.807) is 0 Å². The molecule has 0 atom stereocenters. The van der Waals surface area contributed by atoms with E-state index in [0.29, 0.717) is 5.92 Å². The first-order valence-corrected chi connectivity index (χ1v) is 7.43. The van der Waals surface area contributed by atoms with E-state index in [1.165, 1.54) is 0 Å². The largest absolute Gasteiger partial charge is 0.490 e. The van der Waals surface area contributed by atoms with Gasteiger partial charge in [0.1, 0.15) is 0 Å². The minimum absolute atomic E-state index is 0.588. The van der Waals surface area contributed by atoms with Crippen LogP contribution in [-0.2, 0) is 11.3 Å². The average Bonchev–Trinajstić information content (AvgIpc) is 2.68. The summed E-state index contributed by atoms with van der Waals surface area (Å²) in [5, 5.41) is 3.39. The van der Waals surface area contributed by atoms with E-state index < -0.39 is 0 Å². The van der Waals surface area contributed by atoms with Crippen LogP contribution >= 0.6 is 0 Å². The molecule has 1 aliphatic rings. The molecule has 0 amide bonds. The lowest BCUT2D eigenvalue weighted by molar-refractivity contribution is 0.111. The molecule has 0 spiro atoms. The summed E-state index contributed by atoms with van der Waals surface area (Å²) < 4.78 is 17.0. The summed E-state index contributed by atoms with van der Waals surface area (Å²) in [4.78, 5) is 0. The minimum atomic E-state index is 0.588. The Labute approximate surface area is 121 Å². The minimum Gasteiger partial charge on any atom is -0.490 e. The molecule has 2 rings (SSSR count). The summed E-state index contributed by atoms with van der Waals surface area (Å²) in [5.41, 5.74) is 1.15. The van der Waals surface area contributed by atoms with Crippen LogP contribution < -0.4 is 14.8 Å². The number of fused-ring (bicyclic) bond motifs is 1. The van der Waals surface area contributed by atoms with Gasteiger partial charge in [0, 0.05) is 31.7 Å². The Morgan fingerprint density at radius 1 is 1.25 bits per heavy atom. The zero-order chi connectivity index (χ0) is 14.2. The van der Waals surface area contributed by atoms with Gasteiger partial charge >= 0.3 is 0 Å². The van der Waals surface area contributed by atoms with Gasteiger partial charge in [-0.2, -0.15) is 0 Å². The third-order valence-electron chi connectivity index (χ3n) is 3.04. The van der Waals surface area contributed by atoms with E-state index in [4.69, 9.17) is 14.2 Å². The number of benzene rings is 1. The fourth-order valence-electron chi connectivity index (χ4n) is 2.08. The third kappa shape index (κ3) is 4.69. The van der Waals surface area contributed by atoms with Crippen LogP contribution in [-0.4, -0.2) is 33.0 Å². The molecule has 0 saturated heterocycles. The van der Waals surface area contributed by atoms with E-state index >= 15 is 0 Å². The predicted molar refractivity (Wildman–Crippen MR) is 79.4 cm³/mol. The summed E-state index contributed by atoms with van der Waals surface area (Å²) in [6.07, 6.45) is 0.935. The monoisotopic (exact) mass is 279 g/mol. The van der Waals surface area contributed by atoms with E-state index in [2.05, 4.69) is 25.2 Å². The summed E-state index contributed by atoms with van der Waals surface area (Å²) in [5.74, 6) is 2.34. The normalized spacial score (nSPS) is 14.3. The molecule has 112 valence electrons. The van der Waals surface area contributed by atoms with Crippen LogP contribution in [0.5, 0.6) is 11.5 Å². The number of rotatable bonds is 7. The fraction of sp³-hybridized carbons (Fsp3) is 0.625. The maximum Gasteiger partial charge on any atom is 0.165 e. The molecule has 1 N–H and O–H groups in total. The van der Waals surface area contributed by atoms with Gasteiger partial charge in [-0.15, -0.1) is 0 Å². The number of para-hydroxylation sites is 1. The van der Waals surface area contributed by atoms with Crippen molar-refractivity contribution < 1.29 is 14.2 Å². The Balaban J connectivity index is 1.78. The van der Waals surface area contributed by atoms with Gasteiger partial charge in [0.25, 0.3) is 0 Å². The first-order chi connectivity index (χ1) is 9.77. The van der Waals surface area contributed by atoms with Crippen molar-refractivity contribution in [1.82, 2.24) is 5.32 Å². The van der Waals surface area contributed by atoms with Crippen molar-refractivity contribution in [3.05, 3.63) is 23.8 Å². The Morgan fingerprint density at radius 2 is 2.10 bits per heavy atom. The second kappa shape index (κ2) is 8.12. The predicted octanol–water partition coefficient (Wildman–Crippen LogP) is 2.61. The lowest BCUT2D eigenvalue weighted by Gasteiger charge is -2.13. The Morgan fingerprint density at radius 3 is 2.95 bits per heavy atom. The molecule has 1 aliphatic heterocycles. The van der Waals surface area contributed by atoms with E-state index in [0.717, 1.165) is 63.0 Å². The van der Waals surface area contributed by atoms with Crippen LogP contribution in [0.4, 0.5) is 0 Å². The van der Waals surface area contributed by atoms with E-state index in [-0.39, 0.29) is 0 Å². The fourth-order valence-corrected chi connectivity index (χ4v) is 2.08. The number of hydrogen-bond donors (Lipinski definition) is 1. The average molecular weight is 279 g/mol. The van der Waals surface area contributed by atoms with Crippen molar-refractivity contribution in [3.63, 3.8) is 0 Å². The van der Waals surface area contributed by atoms with Crippen molar-refractivity contribution in [2.75, 3.05) is 33.0 Å². The summed E-state index contributed by atoms with van der Waals surface area (Å²) in [6, 6.07) is 6.06. The standard InChI is InChI=1S/C16H25NO3/c1-13(2)12-18-10-7-17-11-14-5-3-6-15-16(14)20-9-4-8-19-15/h3,5-6,13,17H,4,7-12H2,1-2H3. The highest BCUT2D eigenvalue weighted by Gasteiger charge is 2.13. The maximum absolute atomic E-state index is 5.79. The molecule has 4 heteroatoms. The highest BCUT2D eigenvalue weighted by atomic mass is 16.5. The number of nitrogens with one attached hydrogen (secondary N) is 1. The molecule has 1 aromatic rings. The zero-order valence-corrected chi connectivity index (χ0v) is 12.5. The third-order valence-corrected chi connectivity index (χ3v) is 3.04. The van der Waals surface area contributed by atoms with Crippen molar-refractivity contribution in [3.8, 4) is 11.5 Å². The molecular formula is C16H25NO3. The molecule has 0 bridgehead atoms. The smallest absolute Gasteiger partial charge is 0.165 e. The SMILES string of the molecule is CC(C)COCCNCc1cccc2c1OCCCO2. The Kier molecular flexibility index (Phi) is 6.15. The lowest BCUT2D eigenvalue weighted by atomic mass is 10.2. The Bertz CT molecular complexity index is 407. The van der Waals surface area contributed by atoms with E-state index in [1.807, 2.05) is 12.1 Å². The quantitative estimate of drug-likeness (QED) is 0.779. The molecule has 1 heterocycles. The van der Waals surface area contributed by atoms with Gasteiger partial charge in [-0.1, -0.05) is 26.0 Å². The first kappa shape index (κ1) is 15.1. The molecular weight excluding hydrogens is 254 g/mol. The van der Waals surface area contributed by atoms with Crippen LogP contribution in [0, 0.1) is 5.92 Å². The Hall–Kier alpha value is -1.26. The second-order valence-corrected chi connectivity index (χ2v) is 5.44. The molecule has 0 aliphatic carbocycles. The van der Waals surface area contributed by atoms with Crippen molar-refractivity contribution >= 4 is 0 Å². The van der Waals surface area contributed by atoms with Gasteiger partial charge in [-0.05, 0) is 12.0 Å². The van der Waals surface area contributed by atoms with Gasteiger partial charge < -0.3 is 19.5 Å². The van der Waals surface area contributed by atoms with Crippen molar-refractivity contribution in [1.29, 1.82) is 0 Å². The number of hydrogen-bond acceptors (Lipinski definition) is 4. The van der Waals surface area contributed by atoms with Gasteiger partial charge in [-0.25, -0.2) is 0 Å². The molecule has 0 fully saturated rings. The van der Waals surface area contributed by atoms with Crippen molar-refractivity contribution in [2.24, 2.45) is 5.92 Å². The second-order valence-electron chi connectivity index (χ2n) is 5.44. The summed E-state index contributed by atoms with van der Waals surface area (Å²) >= 11 is 0. The molecule has 4 nitrogen and oxygen atoms in total. The topological polar surface area (TPSA) is 39.7 Å². The maximum atomic E-state index is 5.79. The van der Waals surface area contributed by atoms with Gasteiger partial charge in [0.2, 0.25) is 0 Å². The molecule has 0 radical (unpaired) electrons. The molecule has 1 aromatic carbocycles. The molecule has 0 saturated carbocycles. The van der Waals surface area contributed by atoms with Gasteiger partial charge in [0.15, 0.2) is 11.5 Å². The lowest BCUT2D eigenvalue weighted by Crippen LogP contribution is -2.20. The molecule has 0 aromatic heterocycles. The highest BCUT2D eigenvalue weighted by molar-refractivity contribution is 5.46. The van der Waals surface area contributed by atoms with Crippen LogP contribution in [0.25, 0.3) is 0 Å². The van der Waals surface area contributed by atoms with Crippen molar-refractivity contribution in [2.45, 2.75) is 26.8 Å². The molecule has 20 heavy (non-hydrogen) atoms. The van der Waals surface area contributed by atoms with Gasteiger partial charge in [-0.3, -0.25) is 0 Å². The summed E-state index contributed by atoms with van der Waals surface area (Å²) in [7, 11) is 0. The highest BCUT2D eigenvalue weighted by Crippen LogP contribution is 2.32. The van der Waals surface area contributed by atoms with Crippen LogP contribution in [0.2, 0.25) is 0 Å². The summed E-state index contributed by atoms with van der Waals surface area (Å²) in [6.45, 7) is 8.95. The molecule has 0 unspecified atom stereocenters. The van der Waals surface area contributed by atoms with E-state index in [9.17, 15) is 0 Å². The van der Waals surface area contributed by atoms with Crippen LogP contribution in [0.1, 0.15) is 25.8 Å². The number of ether oxygens (including phenoxy) is 3. The van der Waals surface area contributed by atoms with Crippen LogP contribution in [0.15, 0.2) is 18.2 Å².